The maximum absolute atomic E-state index is 12.9. The molecule has 5 nitrogen and oxygen atoms in total. The molecular weight excluding hydrogens is 467 g/mol. The number of aromatic nitrogens is 2. The fourth-order valence-electron chi connectivity index (χ4n) is 2.20. The molecule has 0 spiro atoms. The number of nitrogens with zero attached hydrogens (tertiary/aromatic N) is 3. The van der Waals surface area contributed by atoms with Crippen molar-refractivity contribution >= 4 is 43.9 Å². The van der Waals surface area contributed by atoms with E-state index in [2.05, 4.69) is 52.4 Å². The normalized spacial score (nSPS) is 11.1. The van der Waals surface area contributed by atoms with Crippen molar-refractivity contribution < 1.29 is 9.50 Å². The first-order chi connectivity index (χ1) is 12.4. The summed E-state index contributed by atoms with van der Waals surface area (Å²) in [7, 11) is 0. The summed E-state index contributed by atoms with van der Waals surface area (Å²) < 4.78 is 14.2. The summed E-state index contributed by atoms with van der Waals surface area (Å²) in [6, 6.07) is 11.2. The molecule has 3 rings (SSSR count). The van der Waals surface area contributed by atoms with Gasteiger partial charge >= 0.3 is 0 Å². The molecule has 0 aliphatic heterocycles. The van der Waals surface area contributed by atoms with Gasteiger partial charge < -0.3 is 5.11 Å². The van der Waals surface area contributed by atoms with Crippen LogP contribution in [0.2, 0.25) is 0 Å². The van der Waals surface area contributed by atoms with Gasteiger partial charge in [-0.05, 0) is 52.7 Å². The smallest absolute Gasteiger partial charge is 0.165 e. The summed E-state index contributed by atoms with van der Waals surface area (Å²) in [5.41, 5.74) is 4.78. The van der Waals surface area contributed by atoms with E-state index in [0.717, 1.165) is 10.0 Å². The summed E-state index contributed by atoms with van der Waals surface area (Å²) in [6.45, 7) is 1.82. The quantitative estimate of drug-likeness (QED) is 0.395. The zero-order valence-corrected chi connectivity index (χ0v) is 16.7. The van der Waals surface area contributed by atoms with Crippen molar-refractivity contribution in [3.63, 3.8) is 0 Å². The molecular formula is C18H13Br2FN4O. The molecule has 0 atom stereocenters. The largest absolute Gasteiger partial charge is 0.506 e. The Morgan fingerprint density at radius 2 is 1.85 bits per heavy atom. The van der Waals surface area contributed by atoms with Crippen LogP contribution < -0.4 is 5.43 Å². The highest BCUT2D eigenvalue weighted by Crippen LogP contribution is 2.37. The van der Waals surface area contributed by atoms with Gasteiger partial charge in [0.25, 0.3) is 0 Å². The number of halogens is 3. The second-order valence-electron chi connectivity index (χ2n) is 5.42. The number of hydrogen-bond acceptors (Lipinski definition) is 5. The van der Waals surface area contributed by atoms with E-state index < -0.39 is 0 Å². The Labute approximate surface area is 166 Å². The molecule has 0 saturated heterocycles. The minimum atomic E-state index is -0.300. The molecule has 0 fully saturated rings. The van der Waals surface area contributed by atoms with Crippen LogP contribution in [-0.2, 0) is 0 Å². The van der Waals surface area contributed by atoms with Crippen molar-refractivity contribution in [2.45, 2.75) is 6.92 Å². The van der Waals surface area contributed by atoms with Crippen molar-refractivity contribution in [1.29, 1.82) is 0 Å². The Morgan fingerprint density at radius 3 is 2.58 bits per heavy atom. The van der Waals surface area contributed by atoms with Crippen LogP contribution in [0.15, 0.2) is 56.5 Å². The Bertz CT molecular complexity index is 978. The van der Waals surface area contributed by atoms with Crippen LogP contribution in [0.1, 0.15) is 11.3 Å². The lowest BCUT2D eigenvalue weighted by atomic mass is 10.2. The zero-order valence-electron chi connectivity index (χ0n) is 13.5. The molecule has 0 radical (unpaired) electrons. The number of aromatic hydroxyl groups is 1. The van der Waals surface area contributed by atoms with Crippen LogP contribution in [0.25, 0.3) is 11.4 Å². The SMILES string of the molecule is Cc1cc(NN=Cc2ccc(F)cc2)nc(-c2cc(Br)cc(Br)c2O)n1. The lowest BCUT2D eigenvalue weighted by molar-refractivity contribution is 0.473. The van der Waals surface area contributed by atoms with Gasteiger partial charge in [-0.15, -0.1) is 0 Å². The highest BCUT2D eigenvalue weighted by molar-refractivity contribution is 9.11. The van der Waals surface area contributed by atoms with Crippen LogP contribution in [-0.4, -0.2) is 21.3 Å². The monoisotopic (exact) mass is 478 g/mol. The molecule has 132 valence electrons. The van der Waals surface area contributed by atoms with Crippen molar-refractivity contribution in [2.24, 2.45) is 5.10 Å². The molecule has 2 N–H and O–H groups in total. The molecule has 0 aliphatic rings. The second kappa shape index (κ2) is 7.92. The van der Waals surface area contributed by atoms with Crippen LogP contribution in [0.4, 0.5) is 10.2 Å². The zero-order chi connectivity index (χ0) is 18.7. The summed E-state index contributed by atoms with van der Waals surface area (Å²) >= 11 is 6.69. The standard InChI is InChI=1S/C18H13Br2FN4O/c1-10-6-16(25-22-9-11-2-4-13(21)5-3-11)24-18(23-10)14-7-12(19)8-15(20)17(14)26/h2-9,26H,1H3,(H,23,24,25). The first-order valence-corrected chi connectivity index (χ1v) is 9.09. The van der Waals surface area contributed by atoms with Gasteiger partial charge in [-0.2, -0.15) is 5.10 Å². The van der Waals surface area contributed by atoms with E-state index in [4.69, 9.17) is 0 Å². The molecule has 8 heteroatoms. The molecule has 0 aliphatic carbocycles. The number of hydrazone groups is 1. The van der Waals surface area contributed by atoms with Gasteiger partial charge in [0, 0.05) is 16.2 Å². The van der Waals surface area contributed by atoms with E-state index in [9.17, 15) is 9.50 Å². The van der Waals surface area contributed by atoms with Gasteiger partial charge in [0.15, 0.2) is 11.6 Å². The summed E-state index contributed by atoms with van der Waals surface area (Å²) in [4.78, 5) is 8.77. The average molecular weight is 480 g/mol. The van der Waals surface area contributed by atoms with E-state index >= 15 is 0 Å². The minimum absolute atomic E-state index is 0.0552. The fraction of sp³-hybridized carbons (Fsp3) is 0.0556. The van der Waals surface area contributed by atoms with E-state index in [0.29, 0.717) is 27.4 Å². The Kier molecular flexibility index (Phi) is 5.63. The molecule has 0 saturated carbocycles. The first kappa shape index (κ1) is 18.5. The Hall–Kier alpha value is -2.32. The second-order valence-corrected chi connectivity index (χ2v) is 7.19. The van der Waals surface area contributed by atoms with Crippen LogP contribution in [0, 0.1) is 12.7 Å². The number of phenolic OH excluding ortho intramolecular Hbond substituents is 1. The minimum Gasteiger partial charge on any atom is -0.506 e. The van der Waals surface area contributed by atoms with Gasteiger partial charge in [-0.3, -0.25) is 5.43 Å². The van der Waals surface area contributed by atoms with E-state index in [-0.39, 0.29) is 11.6 Å². The van der Waals surface area contributed by atoms with Crippen LogP contribution in [0.3, 0.4) is 0 Å². The summed E-state index contributed by atoms with van der Waals surface area (Å²) in [5.74, 6) is 0.594. The molecule has 2 aromatic carbocycles. The van der Waals surface area contributed by atoms with Crippen molar-refractivity contribution in [3.05, 3.63) is 68.5 Å². The molecule has 26 heavy (non-hydrogen) atoms. The van der Waals surface area contributed by atoms with Gasteiger partial charge in [-0.1, -0.05) is 28.1 Å². The van der Waals surface area contributed by atoms with Crippen molar-refractivity contribution in [3.8, 4) is 17.1 Å². The number of phenols is 1. The molecule has 0 unspecified atom stereocenters. The first-order valence-electron chi connectivity index (χ1n) is 7.51. The van der Waals surface area contributed by atoms with Gasteiger partial charge in [0.1, 0.15) is 11.6 Å². The number of aryl methyl sites for hydroxylation is 1. The maximum atomic E-state index is 12.9. The molecule has 0 amide bonds. The third-order valence-corrected chi connectivity index (χ3v) is 4.45. The predicted octanol–water partition coefficient (Wildman–Crippen LogP) is 5.27. The topological polar surface area (TPSA) is 70.4 Å². The summed E-state index contributed by atoms with van der Waals surface area (Å²) in [5, 5.41) is 14.4. The lowest BCUT2D eigenvalue weighted by Crippen LogP contribution is -1.99. The predicted molar refractivity (Wildman–Crippen MR) is 107 cm³/mol. The maximum Gasteiger partial charge on any atom is 0.165 e. The molecule has 1 heterocycles. The molecule has 0 bridgehead atoms. The van der Waals surface area contributed by atoms with Crippen LogP contribution >= 0.6 is 31.9 Å². The number of nitrogens with one attached hydrogen (secondary N) is 1. The number of benzene rings is 2. The van der Waals surface area contributed by atoms with Gasteiger partial charge in [0.05, 0.1) is 16.3 Å². The van der Waals surface area contributed by atoms with E-state index in [1.165, 1.54) is 12.1 Å². The van der Waals surface area contributed by atoms with E-state index in [1.54, 1.807) is 36.5 Å². The highest BCUT2D eigenvalue weighted by atomic mass is 79.9. The third-order valence-electron chi connectivity index (χ3n) is 3.39. The Balaban J connectivity index is 1.87. The van der Waals surface area contributed by atoms with E-state index in [1.807, 2.05) is 6.92 Å². The molecule has 3 aromatic rings. The molecule has 1 aromatic heterocycles. The van der Waals surface area contributed by atoms with Gasteiger partial charge in [-0.25, -0.2) is 14.4 Å². The highest BCUT2D eigenvalue weighted by Gasteiger charge is 2.13. The summed E-state index contributed by atoms with van der Waals surface area (Å²) in [6.07, 6.45) is 1.56. The third kappa shape index (κ3) is 4.44. The van der Waals surface area contributed by atoms with Gasteiger partial charge in [0.2, 0.25) is 0 Å². The number of rotatable bonds is 4. The van der Waals surface area contributed by atoms with Crippen molar-refractivity contribution in [1.82, 2.24) is 9.97 Å². The lowest BCUT2D eigenvalue weighted by Gasteiger charge is -2.09. The average Bonchev–Trinajstić information content (AvgIpc) is 2.59. The number of anilines is 1. The van der Waals surface area contributed by atoms with Crippen molar-refractivity contribution in [2.75, 3.05) is 5.43 Å². The Morgan fingerprint density at radius 1 is 1.12 bits per heavy atom. The van der Waals surface area contributed by atoms with Crippen LogP contribution in [0.5, 0.6) is 5.75 Å². The number of hydrogen-bond donors (Lipinski definition) is 2. The fourth-order valence-corrected chi connectivity index (χ4v) is 3.43.